The Morgan fingerprint density at radius 3 is 2.23 bits per heavy atom. The summed E-state index contributed by atoms with van der Waals surface area (Å²) in [6.07, 6.45) is 3.62. The molecule has 176 valence electrons. The Morgan fingerprint density at radius 1 is 0.968 bits per heavy atom. The number of piperidine rings is 1. The molecule has 1 aromatic carbocycles. The van der Waals surface area contributed by atoms with Crippen molar-refractivity contribution < 1.29 is 4.39 Å². The first kappa shape index (κ1) is 26.1. The van der Waals surface area contributed by atoms with Crippen LogP contribution in [0.5, 0.6) is 0 Å². The zero-order chi connectivity index (χ0) is 21.2. The van der Waals surface area contributed by atoms with Gasteiger partial charge in [-0.25, -0.2) is 4.39 Å². The minimum atomic E-state index is -0.174. The fourth-order valence-electron chi connectivity index (χ4n) is 4.32. The molecule has 2 aliphatic rings. The van der Waals surface area contributed by atoms with Crippen LogP contribution in [-0.2, 0) is 0 Å². The summed E-state index contributed by atoms with van der Waals surface area (Å²) in [6, 6.07) is 7.35. The highest BCUT2D eigenvalue weighted by Crippen LogP contribution is 2.16. The first-order valence-corrected chi connectivity index (χ1v) is 11.7. The monoisotopic (exact) mass is 546 g/mol. The van der Waals surface area contributed by atoms with E-state index in [1.165, 1.54) is 38.9 Å². The van der Waals surface area contributed by atoms with Crippen molar-refractivity contribution in [2.75, 3.05) is 70.3 Å². The van der Waals surface area contributed by atoms with Crippen molar-refractivity contribution in [3.05, 3.63) is 30.1 Å². The van der Waals surface area contributed by atoms with Crippen molar-refractivity contribution >= 4 is 35.6 Å². The molecule has 6 nitrogen and oxygen atoms in total. The van der Waals surface area contributed by atoms with E-state index in [1.807, 2.05) is 12.1 Å². The number of benzene rings is 1. The van der Waals surface area contributed by atoms with Crippen LogP contribution in [0.1, 0.15) is 33.1 Å². The number of anilines is 1. The first-order valence-electron chi connectivity index (χ1n) is 11.7. The Balaban J connectivity index is 0.00000341. The van der Waals surface area contributed by atoms with E-state index in [9.17, 15) is 4.39 Å². The van der Waals surface area contributed by atoms with Crippen LogP contribution in [0.3, 0.4) is 0 Å². The fourth-order valence-corrected chi connectivity index (χ4v) is 4.32. The van der Waals surface area contributed by atoms with Crippen molar-refractivity contribution in [3.8, 4) is 0 Å². The maximum absolute atomic E-state index is 13.1. The zero-order valence-electron chi connectivity index (χ0n) is 19.2. The van der Waals surface area contributed by atoms with Gasteiger partial charge in [0.15, 0.2) is 5.96 Å². The van der Waals surface area contributed by atoms with Gasteiger partial charge in [-0.2, -0.15) is 0 Å². The summed E-state index contributed by atoms with van der Waals surface area (Å²) < 4.78 is 13.1. The lowest BCUT2D eigenvalue weighted by Gasteiger charge is -2.36. The summed E-state index contributed by atoms with van der Waals surface area (Å²) in [5, 5.41) is 7.05. The van der Waals surface area contributed by atoms with Gasteiger partial charge in [-0.05, 0) is 57.0 Å². The van der Waals surface area contributed by atoms with Crippen molar-refractivity contribution in [2.45, 2.75) is 39.2 Å². The highest BCUT2D eigenvalue weighted by molar-refractivity contribution is 14.0. The van der Waals surface area contributed by atoms with E-state index in [0.717, 1.165) is 57.5 Å². The van der Waals surface area contributed by atoms with Gasteiger partial charge in [0.1, 0.15) is 5.82 Å². The third kappa shape index (κ3) is 8.73. The molecule has 2 saturated heterocycles. The number of guanidine groups is 1. The smallest absolute Gasteiger partial charge is 0.191 e. The number of rotatable bonds is 8. The molecule has 0 bridgehead atoms. The van der Waals surface area contributed by atoms with Gasteiger partial charge in [0.25, 0.3) is 0 Å². The van der Waals surface area contributed by atoms with Crippen LogP contribution in [0.4, 0.5) is 10.1 Å². The number of halogens is 2. The van der Waals surface area contributed by atoms with Crippen LogP contribution < -0.4 is 15.5 Å². The maximum atomic E-state index is 13.1. The average molecular weight is 547 g/mol. The van der Waals surface area contributed by atoms with E-state index in [4.69, 9.17) is 4.99 Å². The summed E-state index contributed by atoms with van der Waals surface area (Å²) in [4.78, 5) is 12.2. The van der Waals surface area contributed by atoms with Gasteiger partial charge in [0.2, 0.25) is 0 Å². The summed E-state index contributed by atoms with van der Waals surface area (Å²) in [5.41, 5.74) is 1.11. The van der Waals surface area contributed by atoms with Crippen molar-refractivity contribution in [2.24, 2.45) is 4.99 Å². The van der Waals surface area contributed by atoms with Crippen LogP contribution in [-0.4, -0.2) is 87.2 Å². The van der Waals surface area contributed by atoms with E-state index < -0.39 is 0 Å². The Morgan fingerprint density at radius 2 is 1.61 bits per heavy atom. The van der Waals surface area contributed by atoms with Gasteiger partial charge in [-0.15, -0.1) is 24.0 Å². The summed E-state index contributed by atoms with van der Waals surface area (Å²) in [6.45, 7) is 14.6. The second kappa shape index (κ2) is 14.1. The quantitative estimate of drug-likeness (QED) is 0.299. The number of likely N-dealkylation sites (tertiary alicyclic amines) is 1. The summed E-state index contributed by atoms with van der Waals surface area (Å²) >= 11 is 0. The van der Waals surface area contributed by atoms with E-state index >= 15 is 0 Å². The molecular formula is C23H40FIN6. The van der Waals surface area contributed by atoms with Crippen LogP contribution >= 0.6 is 24.0 Å². The van der Waals surface area contributed by atoms with E-state index in [1.54, 1.807) is 12.1 Å². The molecule has 2 N–H and O–H groups in total. The molecule has 0 amide bonds. The SMILES string of the molecule is CCCN1CCC(NC(=NCCN2CCN(c3ccc(F)cc3)CC2)NCC)CC1.I. The summed E-state index contributed by atoms with van der Waals surface area (Å²) in [7, 11) is 0. The Kier molecular flexibility index (Phi) is 11.9. The molecule has 0 spiro atoms. The topological polar surface area (TPSA) is 46.1 Å². The van der Waals surface area contributed by atoms with Crippen molar-refractivity contribution in [1.82, 2.24) is 20.4 Å². The number of hydrogen-bond acceptors (Lipinski definition) is 4. The Labute approximate surface area is 204 Å². The lowest BCUT2D eigenvalue weighted by molar-refractivity contribution is 0.206. The molecule has 0 saturated carbocycles. The normalized spacial score (nSPS) is 19.2. The van der Waals surface area contributed by atoms with Crippen molar-refractivity contribution in [1.29, 1.82) is 0 Å². The van der Waals surface area contributed by atoms with E-state index in [-0.39, 0.29) is 29.8 Å². The van der Waals surface area contributed by atoms with Crippen LogP contribution in [0, 0.1) is 5.82 Å². The van der Waals surface area contributed by atoms with Crippen LogP contribution in [0.2, 0.25) is 0 Å². The molecule has 0 atom stereocenters. The fraction of sp³-hybridized carbons (Fsp3) is 0.696. The molecule has 2 heterocycles. The Bertz CT molecular complexity index is 640. The molecular weight excluding hydrogens is 506 g/mol. The highest BCUT2D eigenvalue weighted by Gasteiger charge is 2.20. The zero-order valence-corrected chi connectivity index (χ0v) is 21.5. The van der Waals surface area contributed by atoms with E-state index in [2.05, 4.69) is 39.2 Å². The molecule has 3 rings (SSSR count). The van der Waals surface area contributed by atoms with Gasteiger partial charge in [-0.1, -0.05) is 6.92 Å². The molecule has 0 radical (unpaired) electrons. The first-order chi connectivity index (χ1) is 14.7. The average Bonchev–Trinajstić information content (AvgIpc) is 2.76. The molecule has 2 aliphatic heterocycles. The lowest BCUT2D eigenvalue weighted by Crippen LogP contribution is -2.49. The number of nitrogens with zero attached hydrogens (tertiary/aromatic N) is 4. The molecule has 31 heavy (non-hydrogen) atoms. The number of hydrogen-bond donors (Lipinski definition) is 2. The third-order valence-electron chi connectivity index (χ3n) is 6.06. The van der Waals surface area contributed by atoms with Crippen LogP contribution in [0.15, 0.2) is 29.3 Å². The second-order valence-corrected chi connectivity index (χ2v) is 8.33. The minimum absolute atomic E-state index is 0. The van der Waals surface area contributed by atoms with Crippen molar-refractivity contribution in [3.63, 3.8) is 0 Å². The lowest BCUT2D eigenvalue weighted by atomic mass is 10.1. The molecule has 0 unspecified atom stereocenters. The second-order valence-electron chi connectivity index (χ2n) is 8.33. The highest BCUT2D eigenvalue weighted by atomic mass is 127. The van der Waals surface area contributed by atoms with Gasteiger partial charge in [0, 0.05) is 64.1 Å². The van der Waals surface area contributed by atoms with Crippen LogP contribution in [0.25, 0.3) is 0 Å². The van der Waals surface area contributed by atoms with Gasteiger partial charge in [0.05, 0.1) is 6.54 Å². The third-order valence-corrected chi connectivity index (χ3v) is 6.06. The molecule has 1 aromatic rings. The largest absolute Gasteiger partial charge is 0.369 e. The molecule has 0 aliphatic carbocycles. The van der Waals surface area contributed by atoms with E-state index in [0.29, 0.717) is 6.04 Å². The molecule has 8 heteroatoms. The molecule has 0 aromatic heterocycles. The maximum Gasteiger partial charge on any atom is 0.191 e. The molecule has 2 fully saturated rings. The standard InChI is InChI=1S/C23H39FN6.HI/c1-3-12-28-13-9-21(10-14-28)27-23(25-4-2)26-11-15-29-16-18-30(19-17-29)22-7-5-20(24)6-8-22;/h5-8,21H,3-4,9-19H2,1-2H3,(H2,25,26,27);1H. The predicted molar refractivity (Wildman–Crippen MR) is 139 cm³/mol. The number of nitrogens with one attached hydrogen (secondary N) is 2. The predicted octanol–water partition coefficient (Wildman–Crippen LogP) is 3.00. The van der Waals surface area contributed by atoms with Gasteiger partial charge >= 0.3 is 0 Å². The van der Waals surface area contributed by atoms with Gasteiger partial charge in [-0.3, -0.25) is 9.89 Å². The summed E-state index contributed by atoms with van der Waals surface area (Å²) in [5.74, 6) is 0.781. The number of aliphatic imine (C=N–C) groups is 1. The Hall–Kier alpha value is -1.13. The minimum Gasteiger partial charge on any atom is -0.369 e. The van der Waals surface area contributed by atoms with Gasteiger partial charge < -0.3 is 20.4 Å². The number of piperazine rings is 1.